The van der Waals surface area contributed by atoms with Gasteiger partial charge in [-0.15, -0.1) is 0 Å². The van der Waals surface area contributed by atoms with Gasteiger partial charge in [0, 0.05) is 12.0 Å². The van der Waals surface area contributed by atoms with Crippen LogP contribution in [0.5, 0.6) is 5.75 Å². The Bertz CT molecular complexity index is 792. The lowest BCUT2D eigenvalue weighted by molar-refractivity contribution is -0.158. The summed E-state index contributed by atoms with van der Waals surface area (Å²) in [6.45, 7) is 11.9. The lowest BCUT2D eigenvalue weighted by atomic mass is 9.76. The Morgan fingerprint density at radius 1 is 1.14 bits per heavy atom. The topological polar surface area (TPSA) is 75.6 Å². The number of phenolic OH excluding ortho intramolecular Hbond substituents is 1. The first-order valence-electron chi connectivity index (χ1n) is 10.0. The quantitative estimate of drug-likeness (QED) is 0.724. The zero-order chi connectivity index (χ0) is 21.8. The van der Waals surface area contributed by atoms with Crippen molar-refractivity contribution in [1.82, 2.24) is 5.32 Å². The highest BCUT2D eigenvalue weighted by atomic mass is 16.6. The molecule has 0 spiro atoms. The lowest BCUT2D eigenvalue weighted by Gasteiger charge is -2.29. The van der Waals surface area contributed by atoms with Gasteiger partial charge < -0.3 is 15.2 Å². The van der Waals surface area contributed by atoms with Crippen molar-refractivity contribution in [2.75, 3.05) is 0 Å². The van der Waals surface area contributed by atoms with Gasteiger partial charge in [-0.3, -0.25) is 4.79 Å². The number of carbonyl (C=O) groups is 2. The Balaban J connectivity index is 2.13. The summed E-state index contributed by atoms with van der Waals surface area (Å²) in [4.78, 5) is 25.5. The number of aromatic hydroxyl groups is 1. The van der Waals surface area contributed by atoms with Gasteiger partial charge in [-0.2, -0.15) is 0 Å². The average molecular weight is 400 g/mol. The third kappa shape index (κ3) is 7.08. The third-order valence-electron chi connectivity index (χ3n) is 4.85. The zero-order valence-corrected chi connectivity index (χ0v) is 18.3. The Labute approximate surface area is 173 Å². The number of benzene rings is 1. The van der Waals surface area contributed by atoms with Gasteiger partial charge in [-0.25, -0.2) is 4.79 Å². The Kier molecular flexibility index (Phi) is 6.93. The van der Waals surface area contributed by atoms with Crippen molar-refractivity contribution < 1.29 is 19.4 Å². The molecule has 2 N–H and O–H groups in total. The molecule has 1 aliphatic rings. The molecule has 1 unspecified atom stereocenters. The number of allylic oxidation sites excluding steroid dienone is 2. The largest absolute Gasteiger partial charge is 0.508 e. The van der Waals surface area contributed by atoms with Crippen molar-refractivity contribution in [3.63, 3.8) is 0 Å². The SMILES string of the molecule is CC(C)(C)OC(=O)[C@H](Cc1ccc(O)cc1)NC(=O)C1=CCC(C(C)(C)C)C=C1. The normalized spacial score (nSPS) is 18.0. The molecule has 1 amide bonds. The number of hydrogen-bond donors (Lipinski definition) is 2. The highest BCUT2D eigenvalue weighted by Gasteiger charge is 2.29. The fourth-order valence-corrected chi connectivity index (χ4v) is 3.11. The van der Waals surface area contributed by atoms with Crippen LogP contribution < -0.4 is 5.32 Å². The molecule has 1 aliphatic carbocycles. The minimum atomic E-state index is -0.819. The molecule has 0 heterocycles. The summed E-state index contributed by atoms with van der Waals surface area (Å²) in [6, 6.07) is 5.75. The van der Waals surface area contributed by atoms with Gasteiger partial charge in [0.2, 0.25) is 0 Å². The third-order valence-corrected chi connectivity index (χ3v) is 4.85. The maximum atomic E-state index is 12.8. The van der Waals surface area contributed by atoms with Crippen molar-refractivity contribution >= 4 is 11.9 Å². The summed E-state index contributed by atoms with van der Waals surface area (Å²) in [7, 11) is 0. The number of esters is 1. The van der Waals surface area contributed by atoms with E-state index >= 15 is 0 Å². The molecule has 0 bridgehead atoms. The maximum Gasteiger partial charge on any atom is 0.329 e. The van der Waals surface area contributed by atoms with Crippen molar-refractivity contribution in [1.29, 1.82) is 0 Å². The van der Waals surface area contributed by atoms with Gasteiger partial charge in [0.25, 0.3) is 5.91 Å². The highest BCUT2D eigenvalue weighted by molar-refractivity contribution is 5.98. The molecule has 0 saturated heterocycles. The highest BCUT2D eigenvalue weighted by Crippen LogP contribution is 2.33. The second kappa shape index (κ2) is 8.85. The number of amides is 1. The summed E-state index contributed by atoms with van der Waals surface area (Å²) in [5.41, 5.74) is 0.857. The van der Waals surface area contributed by atoms with Crippen LogP contribution >= 0.6 is 0 Å². The van der Waals surface area contributed by atoms with Crippen molar-refractivity contribution in [2.45, 2.75) is 66.0 Å². The molecular weight excluding hydrogens is 366 g/mol. The zero-order valence-electron chi connectivity index (χ0n) is 18.3. The molecule has 29 heavy (non-hydrogen) atoms. The van der Waals surface area contributed by atoms with Crippen LogP contribution in [0.4, 0.5) is 0 Å². The summed E-state index contributed by atoms with van der Waals surface area (Å²) < 4.78 is 5.51. The number of nitrogens with one attached hydrogen (secondary N) is 1. The molecule has 2 atom stereocenters. The van der Waals surface area contributed by atoms with E-state index in [1.165, 1.54) is 0 Å². The van der Waals surface area contributed by atoms with Crippen LogP contribution in [-0.4, -0.2) is 28.6 Å². The van der Waals surface area contributed by atoms with Crippen LogP contribution in [0, 0.1) is 11.3 Å². The van der Waals surface area contributed by atoms with Crippen molar-refractivity contribution in [2.24, 2.45) is 11.3 Å². The predicted octanol–water partition coefficient (Wildman–Crippen LogP) is 4.31. The maximum absolute atomic E-state index is 12.8. The first-order valence-corrected chi connectivity index (χ1v) is 10.0. The van der Waals surface area contributed by atoms with Crippen LogP contribution in [0.2, 0.25) is 0 Å². The van der Waals surface area contributed by atoms with Crippen molar-refractivity contribution in [3.8, 4) is 5.75 Å². The second-order valence-corrected chi connectivity index (χ2v) is 9.66. The van der Waals surface area contributed by atoms with E-state index in [9.17, 15) is 14.7 Å². The monoisotopic (exact) mass is 399 g/mol. The minimum Gasteiger partial charge on any atom is -0.508 e. The number of carbonyl (C=O) groups excluding carboxylic acids is 2. The fourth-order valence-electron chi connectivity index (χ4n) is 3.11. The molecule has 1 aromatic carbocycles. The first kappa shape index (κ1) is 22.7. The average Bonchev–Trinajstić information content (AvgIpc) is 2.61. The van der Waals surface area contributed by atoms with E-state index in [1.54, 1.807) is 45.0 Å². The Hall–Kier alpha value is -2.56. The van der Waals surface area contributed by atoms with Gasteiger partial charge in [-0.1, -0.05) is 51.1 Å². The lowest BCUT2D eigenvalue weighted by Crippen LogP contribution is -2.46. The summed E-state index contributed by atoms with van der Waals surface area (Å²) in [5.74, 6) is -0.245. The van der Waals surface area contributed by atoms with Gasteiger partial charge in [-0.05, 0) is 56.2 Å². The number of rotatable bonds is 5. The number of hydrogen-bond acceptors (Lipinski definition) is 4. The van der Waals surface area contributed by atoms with Gasteiger partial charge in [0.15, 0.2) is 0 Å². The molecule has 1 aromatic rings. The van der Waals surface area contributed by atoms with Gasteiger partial charge in [0.05, 0.1) is 0 Å². The molecule has 158 valence electrons. The minimum absolute atomic E-state index is 0.132. The van der Waals surface area contributed by atoms with E-state index in [0.717, 1.165) is 12.0 Å². The van der Waals surface area contributed by atoms with E-state index < -0.39 is 17.6 Å². The van der Waals surface area contributed by atoms with Crippen LogP contribution in [0.15, 0.2) is 48.1 Å². The van der Waals surface area contributed by atoms with E-state index in [1.807, 2.05) is 12.2 Å². The summed E-state index contributed by atoms with van der Waals surface area (Å²) in [6.07, 6.45) is 6.90. The predicted molar refractivity (Wildman–Crippen MR) is 114 cm³/mol. The van der Waals surface area contributed by atoms with Crippen molar-refractivity contribution in [3.05, 3.63) is 53.6 Å². The molecular formula is C24H33NO4. The molecule has 5 heteroatoms. The number of phenols is 1. The number of ether oxygens (including phenoxy) is 1. The van der Waals surface area contributed by atoms with Gasteiger partial charge in [0.1, 0.15) is 17.4 Å². The molecule has 5 nitrogen and oxygen atoms in total. The Morgan fingerprint density at radius 3 is 2.24 bits per heavy atom. The molecule has 0 saturated carbocycles. The summed E-state index contributed by atoms with van der Waals surface area (Å²) in [5, 5.41) is 12.3. The summed E-state index contributed by atoms with van der Waals surface area (Å²) >= 11 is 0. The van der Waals surface area contributed by atoms with Crippen LogP contribution in [0.3, 0.4) is 0 Å². The van der Waals surface area contributed by atoms with Crippen LogP contribution in [0.1, 0.15) is 53.5 Å². The molecule has 0 radical (unpaired) electrons. The standard InChI is InChI=1S/C24H33NO4/c1-23(2,3)18-11-9-17(10-12-18)21(27)25-20(22(28)29-24(4,5)6)15-16-7-13-19(26)14-8-16/h7-11,13-14,18,20,26H,12,15H2,1-6H3,(H,25,27)/t18?,20-/m0/s1. The fraction of sp³-hybridized carbons (Fsp3) is 0.500. The first-order chi connectivity index (χ1) is 13.3. The molecule has 0 aromatic heterocycles. The van der Waals surface area contributed by atoms with Crippen LogP contribution in [-0.2, 0) is 20.7 Å². The van der Waals surface area contributed by atoms with Gasteiger partial charge >= 0.3 is 5.97 Å². The van der Waals surface area contributed by atoms with Crippen LogP contribution in [0.25, 0.3) is 0 Å². The second-order valence-electron chi connectivity index (χ2n) is 9.66. The Morgan fingerprint density at radius 2 is 1.76 bits per heavy atom. The van der Waals surface area contributed by atoms with E-state index in [-0.39, 0.29) is 23.5 Å². The molecule has 0 aliphatic heterocycles. The van der Waals surface area contributed by atoms with E-state index in [4.69, 9.17) is 4.74 Å². The molecule has 2 rings (SSSR count). The molecule has 0 fully saturated rings. The smallest absolute Gasteiger partial charge is 0.329 e. The van der Waals surface area contributed by atoms with E-state index in [2.05, 4.69) is 32.2 Å². The van der Waals surface area contributed by atoms with E-state index in [0.29, 0.717) is 11.5 Å².